The molecule has 3 nitrogen and oxygen atoms in total. The fourth-order valence-electron chi connectivity index (χ4n) is 1.49. The van der Waals surface area contributed by atoms with Crippen LogP contribution in [0, 0.1) is 0 Å². The third kappa shape index (κ3) is 1.82. The molecule has 1 aliphatic heterocycles. The van der Waals surface area contributed by atoms with Crippen LogP contribution in [0.1, 0.15) is 16.8 Å². The van der Waals surface area contributed by atoms with Crippen molar-refractivity contribution in [2.45, 2.75) is 18.7 Å². The Balaban J connectivity index is 2.39. The van der Waals surface area contributed by atoms with E-state index >= 15 is 0 Å². The average molecular weight is 232 g/mol. The number of benzene rings is 1. The highest BCUT2D eigenvalue weighted by atomic mass is 19.4. The monoisotopic (exact) mass is 232 g/mol. The van der Waals surface area contributed by atoms with E-state index in [0.29, 0.717) is 0 Å². The van der Waals surface area contributed by atoms with E-state index in [2.05, 4.69) is 4.74 Å². The van der Waals surface area contributed by atoms with Gasteiger partial charge in [0.2, 0.25) is 6.10 Å². The average Bonchev–Trinajstić information content (AvgIpc) is 2.15. The van der Waals surface area contributed by atoms with Crippen molar-refractivity contribution in [3.63, 3.8) is 0 Å². The molecule has 1 aromatic carbocycles. The zero-order chi connectivity index (χ0) is 11.9. The van der Waals surface area contributed by atoms with E-state index < -0.39 is 24.5 Å². The Bertz CT molecular complexity index is 439. The SMILES string of the molecule is O=C1CC(C(F)(F)F)Oc2cc(O)ccc21. The summed E-state index contributed by atoms with van der Waals surface area (Å²) in [6.07, 6.45) is -7.44. The van der Waals surface area contributed by atoms with Crippen molar-refractivity contribution in [1.82, 2.24) is 0 Å². The molecule has 0 aromatic heterocycles. The molecule has 0 amide bonds. The highest BCUT2D eigenvalue weighted by Gasteiger charge is 2.45. The lowest BCUT2D eigenvalue weighted by Crippen LogP contribution is -2.39. The number of carbonyl (C=O) groups excluding carboxylic acids is 1. The number of ether oxygens (including phenoxy) is 1. The van der Waals surface area contributed by atoms with Gasteiger partial charge in [-0.3, -0.25) is 4.79 Å². The molecule has 1 aromatic rings. The van der Waals surface area contributed by atoms with Crippen LogP contribution in [0.2, 0.25) is 0 Å². The molecule has 1 atom stereocenters. The molecule has 1 heterocycles. The van der Waals surface area contributed by atoms with E-state index in [-0.39, 0.29) is 17.1 Å². The standard InChI is InChI=1S/C10H7F3O3/c11-10(12,13)9-4-7(15)6-2-1-5(14)3-8(6)16-9/h1-3,9,14H,4H2. The third-order valence-electron chi connectivity index (χ3n) is 2.27. The Morgan fingerprint density at radius 2 is 2.06 bits per heavy atom. The first-order valence-corrected chi connectivity index (χ1v) is 4.47. The van der Waals surface area contributed by atoms with Crippen LogP contribution in [0.3, 0.4) is 0 Å². The summed E-state index contributed by atoms with van der Waals surface area (Å²) >= 11 is 0. The molecule has 0 spiro atoms. The highest BCUT2D eigenvalue weighted by molar-refractivity contribution is 6.00. The number of carbonyl (C=O) groups is 1. The quantitative estimate of drug-likeness (QED) is 0.746. The summed E-state index contributed by atoms with van der Waals surface area (Å²) in [4.78, 5) is 11.4. The van der Waals surface area contributed by atoms with Crippen molar-refractivity contribution >= 4 is 5.78 Å². The maximum atomic E-state index is 12.4. The van der Waals surface area contributed by atoms with Crippen molar-refractivity contribution in [3.05, 3.63) is 23.8 Å². The fraction of sp³-hybridized carbons (Fsp3) is 0.300. The Kier molecular flexibility index (Phi) is 2.29. The summed E-state index contributed by atoms with van der Waals surface area (Å²) in [5, 5.41) is 9.09. The molecule has 1 aliphatic rings. The molecule has 1 unspecified atom stereocenters. The van der Waals surface area contributed by atoms with Gasteiger partial charge >= 0.3 is 6.18 Å². The van der Waals surface area contributed by atoms with Gasteiger partial charge in [-0.1, -0.05) is 0 Å². The van der Waals surface area contributed by atoms with E-state index in [9.17, 15) is 18.0 Å². The minimum absolute atomic E-state index is 0.0679. The number of hydrogen-bond donors (Lipinski definition) is 1. The number of rotatable bonds is 0. The first kappa shape index (κ1) is 10.8. The number of ketones is 1. The number of fused-ring (bicyclic) bond motifs is 1. The zero-order valence-corrected chi connectivity index (χ0v) is 7.91. The maximum absolute atomic E-state index is 12.4. The van der Waals surface area contributed by atoms with Crippen molar-refractivity contribution < 1.29 is 27.8 Å². The normalized spacial score (nSPS) is 20.2. The van der Waals surface area contributed by atoms with Gasteiger partial charge in [-0.25, -0.2) is 0 Å². The molecule has 0 radical (unpaired) electrons. The predicted molar refractivity (Wildman–Crippen MR) is 47.5 cm³/mol. The molecule has 0 fully saturated rings. The van der Waals surface area contributed by atoms with Gasteiger partial charge in [0, 0.05) is 6.07 Å². The van der Waals surface area contributed by atoms with Gasteiger partial charge in [0.25, 0.3) is 0 Å². The topological polar surface area (TPSA) is 46.5 Å². The molecular formula is C10H7F3O3. The maximum Gasteiger partial charge on any atom is 0.425 e. The van der Waals surface area contributed by atoms with E-state index in [1.165, 1.54) is 12.1 Å². The molecule has 16 heavy (non-hydrogen) atoms. The Morgan fingerprint density at radius 1 is 1.38 bits per heavy atom. The summed E-state index contributed by atoms with van der Waals surface area (Å²) in [5.41, 5.74) is 0.0679. The van der Waals surface area contributed by atoms with E-state index in [4.69, 9.17) is 5.11 Å². The van der Waals surface area contributed by atoms with Crippen LogP contribution in [0.15, 0.2) is 18.2 Å². The van der Waals surface area contributed by atoms with Crippen LogP contribution in [-0.4, -0.2) is 23.2 Å². The second kappa shape index (κ2) is 3.40. The lowest BCUT2D eigenvalue weighted by atomic mass is 10.0. The van der Waals surface area contributed by atoms with Crippen LogP contribution < -0.4 is 4.74 Å². The number of hydrogen-bond acceptors (Lipinski definition) is 3. The van der Waals surface area contributed by atoms with Crippen molar-refractivity contribution in [1.29, 1.82) is 0 Å². The Morgan fingerprint density at radius 3 is 2.69 bits per heavy atom. The number of Topliss-reactive ketones (excluding diaryl/α,β-unsaturated/α-hetero) is 1. The second-order valence-electron chi connectivity index (χ2n) is 3.46. The summed E-state index contributed by atoms with van der Waals surface area (Å²) in [5.74, 6) is -1.10. The molecule has 2 rings (SSSR count). The number of phenolic OH excluding ortho intramolecular Hbond substituents is 1. The minimum Gasteiger partial charge on any atom is -0.508 e. The van der Waals surface area contributed by atoms with Gasteiger partial charge in [0.05, 0.1) is 12.0 Å². The summed E-state index contributed by atoms with van der Waals surface area (Å²) in [6.45, 7) is 0. The van der Waals surface area contributed by atoms with Crippen LogP contribution in [-0.2, 0) is 0 Å². The summed E-state index contributed by atoms with van der Waals surface area (Å²) in [7, 11) is 0. The highest BCUT2D eigenvalue weighted by Crippen LogP contribution is 2.36. The molecule has 1 N–H and O–H groups in total. The van der Waals surface area contributed by atoms with Gasteiger partial charge in [-0.2, -0.15) is 13.2 Å². The molecule has 0 saturated heterocycles. The van der Waals surface area contributed by atoms with Crippen LogP contribution >= 0.6 is 0 Å². The summed E-state index contributed by atoms with van der Waals surface area (Å²) < 4.78 is 41.8. The zero-order valence-electron chi connectivity index (χ0n) is 7.91. The van der Waals surface area contributed by atoms with Crippen LogP contribution in [0.25, 0.3) is 0 Å². The van der Waals surface area contributed by atoms with Crippen LogP contribution in [0.5, 0.6) is 11.5 Å². The second-order valence-corrected chi connectivity index (χ2v) is 3.46. The van der Waals surface area contributed by atoms with E-state index in [0.717, 1.165) is 6.07 Å². The molecule has 0 saturated carbocycles. The van der Waals surface area contributed by atoms with Crippen molar-refractivity contribution in [2.75, 3.05) is 0 Å². The van der Waals surface area contributed by atoms with Gasteiger partial charge in [0.15, 0.2) is 5.78 Å². The smallest absolute Gasteiger partial charge is 0.425 e. The fourth-order valence-corrected chi connectivity index (χ4v) is 1.49. The minimum atomic E-state index is -4.58. The van der Waals surface area contributed by atoms with Gasteiger partial charge in [0.1, 0.15) is 11.5 Å². The predicted octanol–water partition coefficient (Wildman–Crippen LogP) is 2.29. The van der Waals surface area contributed by atoms with Gasteiger partial charge in [-0.05, 0) is 12.1 Å². The molecule has 0 bridgehead atoms. The summed E-state index contributed by atoms with van der Waals surface area (Å²) in [6, 6.07) is 3.48. The lowest BCUT2D eigenvalue weighted by Gasteiger charge is -2.26. The first-order chi connectivity index (χ1) is 7.38. The molecule has 86 valence electrons. The lowest BCUT2D eigenvalue weighted by molar-refractivity contribution is -0.195. The van der Waals surface area contributed by atoms with Crippen LogP contribution in [0.4, 0.5) is 13.2 Å². The Hall–Kier alpha value is -1.72. The largest absolute Gasteiger partial charge is 0.508 e. The number of phenols is 1. The van der Waals surface area contributed by atoms with Crippen molar-refractivity contribution in [3.8, 4) is 11.5 Å². The van der Waals surface area contributed by atoms with Crippen molar-refractivity contribution in [2.24, 2.45) is 0 Å². The number of aromatic hydroxyl groups is 1. The van der Waals surface area contributed by atoms with Gasteiger partial charge in [-0.15, -0.1) is 0 Å². The van der Waals surface area contributed by atoms with E-state index in [1.807, 2.05) is 0 Å². The third-order valence-corrected chi connectivity index (χ3v) is 2.27. The first-order valence-electron chi connectivity index (χ1n) is 4.47. The number of alkyl halides is 3. The molecular weight excluding hydrogens is 225 g/mol. The van der Waals surface area contributed by atoms with Gasteiger partial charge < -0.3 is 9.84 Å². The van der Waals surface area contributed by atoms with E-state index in [1.54, 1.807) is 0 Å². The number of halogens is 3. The molecule has 6 heteroatoms. The Labute approximate surface area is 88.5 Å². The molecule has 0 aliphatic carbocycles.